The molecule has 2 aromatic carbocycles. The minimum absolute atomic E-state index is 0.0775. The molecule has 36 heavy (non-hydrogen) atoms. The first-order chi connectivity index (χ1) is 17.5. The van der Waals surface area contributed by atoms with Crippen molar-refractivity contribution < 1.29 is 18.8 Å². The van der Waals surface area contributed by atoms with E-state index in [1.54, 1.807) is 18.2 Å². The Labute approximate surface area is 210 Å². The number of anilines is 2. The number of carbonyl (C=O) groups is 3. The summed E-state index contributed by atoms with van der Waals surface area (Å²) in [6.07, 6.45) is 2.85. The molecule has 2 aliphatic heterocycles. The maximum Gasteiger partial charge on any atom is 0.255 e. The fourth-order valence-electron chi connectivity index (χ4n) is 4.86. The Hall–Kier alpha value is -3.46. The van der Waals surface area contributed by atoms with Crippen LogP contribution < -0.4 is 15.5 Å². The average Bonchev–Trinajstić information content (AvgIpc) is 3.76. The molecule has 9 heteroatoms. The van der Waals surface area contributed by atoms with Gasteiger partial charge in [0.1, 0.15) is 5.82 Å². The highest BCUT2D eigenvalue weighted by atomic mass is 19.1. The van der Waals surface area contributed by atoms with Crippen LogP contribution in [0.5, 0.6) is 0 Å². The molecule has 1 aliphatic carbocycles. The van der Waals surface area contributed by atoms with Gasteiger partial charge in [0.05, 0.1) is 11.4 Å². The normalized spacial score (nSPS) is 18.5. The number of halogens is 1. The number of amides is 3. The van der Waals surface area contributed by atoms with Crippen molar-refractivity contribution in [3.8, 4) is 0 Å². The van der Waals surface area contributed by atoms with E-state index in [9.17, 15) is 18.8 Å². The fraction of sp³-hybridized carbons (Fsp3) is 0.444. The summed E-state index contributed by atoms with van der Waals surface area (Å²) in [5, 5.41) is 6.22. The van der Waals surface area contributed by atoms with E-state index in [2.05, 4.69) is 15.5 Å². The third-order valence-electron chi connectivity index (χ3n) is 7.06. The van der Waals surface area contributed by atoms with E-state index in [1.807, 2.05) is 15.9 Å². The maximum absolute atomic E-state index is 13.7. The van der Waals surface area contributed by atoms with Crippen molar-refractivity contribution in [2.75, 3.05) is 62.6 Å². The van der Waals surface area contributed by atoms with Gasteiger partial charge < -0.3 is 25.3 Å². The Bertz CT molecular complexity index is 1140. The molecule has 2 aromatic rings. The molecule has 190 valence electrons. The van der Waals surface area contributed by atoms with Crippen LogP contribution >= 0.6 is 0 Å². The van der Waals surface area contributed by atoms with Gasteiger partial charge in [-0.15, -0.1) is 0 Å². The molecule has 3 fully saturated rings. The van der Waals surface area contributed by atoms with Crippen LogP contribution in [0.3, 0.4) is 0 Å². The third kappa shape index (κ3) is 5.51. The van der Waals surface area contributed by atoms with E-state index in [1.165, 1.54) is 18.2 Å². The van der Waals surface area contributed by atoms with Crippen molar-refractivity contribution in [2.45, 2.75) is 19.3 Å². The number of hydrogen-bond acceptors (Lipinski definition) is 5. The van der Waals surface area contributed by atoms with E-state index < -0.39 is 11.7 Å². The number of nitrogens with one attached hydrogen (secondary N) is 2. The Balaban J connectivity index is 1.38. The van der Waals surface area contributed by atoms with Crippen LogP contribution in [-0.4, -0.2) is 79.9 Å². The van der Waals surface area contributed by atoms with Crippen LogP contribution in [0.2, 0.25) is 0 Å². The van der Waals surface area contributed by atoms with Crippen LogP contribution in [0.1, 0.15) is 40.0 Å². The van der Waals surface area contributed by atoms with E-state index in [4.69, 9.17) is 0 Å². The predicted molar refractivity (Wildman–Crippen MR) is 136 cm³/mol. The van der Waals surface area contributed by atoms with Gasteiger partial charge in [0.2, 0.25) is 5.91 Å². The fourth-order valence-corrected chi connectivity index (χ4v) is 4.86. The van der Waals surface area contributed by atoms with Gasteiger partial charge in [-0.3, -0.25) is 14.4 Å². The molecule has 5 rings (SSSR count). The van der Waals surface area contributed by atoms with Crippen molar-refractivity contribution in [1.29, 1.82) is 0 Å². The summed E-state index contributed by atoms with van der Waals surface area (Å²) in [5.74, 6) is -0.578. The number of piperazine rings is 1. The molecule has 3 aliphatic rings. The van der Waals surface area contributed by atoms with Crippen molar-refractivity contribution in [3.63, 3.8) is 0 Å². The lowest BCUT2D eigenvalue weighted by atomic mass is 10.1. The zero-order valence-corrected chi connectivity index (χ0v) is 20.3. The van der Waals surface area contributed by atoms with Gasteiger partial charge in [-0.05, 0) is 62.2 Å². The third-order valence-corrected chi connectivity index (χ3v) is 7.06. The van der Waals surface area contributed by atoms with Crippen LogP contribution in [0.4, 0.5) is 15.8 Å². The van der Waals surface area contributed by atoms with Gasteiger partial charge in [-0.1, -0.05) is 6.07 Å². The lowest BCUT2D eigenvalue weighted by molar-refractivity contribution is -0.132. The van der Waals surface area contributed by atoms with Crippen LogP contribution in [0.25, 0.3) is 0 Å². The second-order valence-corrected chi connectivity index (χ2v) is 9.68. The van der Waals surface area contributed by atoms with Crippen molar-refractivity contribution in [3.05, 3.63) is 59.4 Å². The molecule has 0 atom stereocenters. The first-order valence-electron chi connectivity index (χ1n) is 12.7. The van der Waals surface area contributed by atoms with Gasteiger partial charge in [0, 0.05) is 62.9 Å². The van der Waals surface area contributed by atoms with Gasteiger partial charge in [0.25, 0.3) is 11.8 Å². The lowest BCUT2D eigenvalue weighted by Crippen LogP contribution is -2.49. The second-order valence-electron chi connectivity index (χ2n) is 9.68. The smallest absolute Gasteiger partial charge is 0.255 e. The molecule has 1 saturated carbocycles. The first kappa shape index (κ1) is 24.2. The quantitative estimate of drug-likeness (QED) is 0.669. The molecular formula is C27H32FN5O3. The Morgan fingerprint density at radius 2 is 1.67 bits per heavy atom. The summed E-state index contributed by atoms with van der Waals surface area (Å²) in [7, 11) is 0. The number of nitrogens with zero attached hydrogens (tertiary/aromatic N) is 3. The molecule has 3 amide bonds. The van der Waals surface area contributed by atoms with Crippen LogP contribution in [0, 0.1) is 11.7 Å². The summed E-state index contributed by atoms with van der Waals surface area (Å²) < 4.78 is 13.7. The molecule has 0 aromatic heterocycles. The van der Waals surface area contributed by atoms with Gasteiger partial charge in [-0.25, -0.2) is 4.39 Å². The Morgan fingerprint density at radius 1 is 0.861 bits per heavy atom. The second kappa shape index (κ2) is 10.7. The molecule has 2 saturated heterocycles. The largest absolute Gasteiger partial charge is 0.366 e. The van der Waals surface area contributed by atoms with E-state index in [-0.39, 0.29) is 23.3 Å². The van der Waals surface area contributed by atoms with Crippen molar-refractivity contribution in [1.82, 2.24) is 15.1 Å². The number of benzene rings is 2. The topological polar surface area (TPSA) is 85.0 Å². The van der Waals surface area contributed by atoms with Crippen molar-refractivity contribution in [2.24, 2.45) is 5.92 Å². The highest BCUT2D eigenvalue weighted by molar-refractivity contribution is 6.07. The molecule has 0 radical (unpaired) electrons. The van der Waals surface area contributed by atoms with E-state index in [0.29, 0.717) is 50.5 Å². The van der Waals surface area contributed by atoms with Gasteiger partial charge in [0.15, 0.2) is 0 Å². The minimum Gasteiger partial charge on any atom is -0.366 e. The standard InChI is InChI=1S/C27H32FN5O3/c28-22-4-1-3-20(17-22)25(34)30-23-18-21(27(36)32-11-2-9-29-10-12-32)7-8-24(23)31-13-15-33(16-14-31)26(35)19-5-6-19/h1,3-4,7-8,17-19,29H,2,5-6,9-16H2,(H,30,34). The highest BCUT2D eigenvalue weighted by Crippen LogP contribution is 2.33. The van der Waals surface area contributed by atoms with Crippen LogP contribution in [0.15, 0.2) is 42.5 Å². The molecule has 0 unspecified atom stereocenters. The van der Waals surface area contributed by atoms with Gasteiger partial charge >= 0.3 is 0 Å². The first-order valence-corrected chi connectivity index (χ1v) is 12.7. The monoisotopic (exact) mass is 493 g/mol. The SMILES string of the molecule is O=C(Nc1cc(C(=O)N2CCCNCC2)ccc1N1CCN(C(=O)C2CC2)CC1)c1cccc(F)c1. The summed E-state index contributed by atoms with van der Waals surface area (Å²) in [6, 6.07) is 10.9. The summed E-state index contributed by atoms with van der Waals surface area (Å²) >= 11 is 0. The number of hydrogen-bond donors (Lipinski definition) is 2. The van der Waals surface area contributed by atoms with E-state index in [0.717, 1.165) is 38.0 Å². The molecule has 8 nitrogen and oxygen atoms in total. The number of carbonyl (C=O) groups excluding carboxylic acids is 3. The Morgan fingerprint density at radius 3 is 2.42 bits per heavy atom. The van der Waals surface area contributed by atoms with E-state index >= 15 is 0 Å². The Kier molecular flexibility index (Phi) is 7.18. The summed E-state index contributed by atoms with van der Waals surface area (Å²) in [5.41, 5.74) is 1.99. The number of rotatable bonds is 5. The molecule has 0 spiro atoms. The van der Waals surface area contributed by atoms with Gasteiger partial charge in [-0.2, -0.15) is 0 Å². The highest BCUT2D eigenvalue weighted by Gasteiger charge is 2.35. The molecule has 0 bridgehead atoms. The summed E-state index contributed by atoms with van der Waals surface area (Å²) in [4.78, 5) is 44.6. The van der Waals surface area contributed by atoms with Crippen molar-refractivity contribution >= 4 is 29.1 Å². The zero-order chi connectivity index (χ0) is 25.1. The molecular weight excluding hydrogens is 461 g/mol. The average molecular weight is 494 g/mol. The zero-order valence-electron chi connectivity index (χ0n) is 20.3. The predicted octanol–water partition coefficient (Wildman–Crippen LogP) is 2.57. The van der Waals surface area contributed by atoms with Crippen LogP contribution in [-0.2, 0) is 4.79 Å². The summed E-state index contributed by atoms with van der Waals surface area (Å²) in [6.45, 7) is 5.43. The minimum atomic E-state index is -0.488. The maximum atomic E-state index is 13.7. The molecule has 2 heterocycles. The lowest BCUT2D eigenvalue weighted by Gasteiger charge is -2.37. The molecule has 2 N–H and O–H groups in total.